The Bertz CT molecular complexity index is 216. The normalized spacial score (nSPS) is 14.1. The Morgan fingerprint density at radius 2 is 1.83 bits per heavy atom. The van der Waals surface area contributed by atoms with Gasteiger partial charge in [0, 0.05) is 0 Å². The Hall–Kier alpha value is 0.370. The molecule has 0 unspecified atom stereocenters. The molecule has 0 saturated carbocycles. The van der Waals surface area contributed by atoms with Crippen molar-refractivity contribution in [1.29, 1.82) is 0 Å². The van der Waals surface area contributed by atoms with Gasteiger partial charge in [0.2, 0.25) is 3.79 Å². The molecule has 0 aromatic rings. The van der Waals surface area contributed by atoms with Crippen molar-refractivity contribution in [2.45, 2.75) is 17.1 Å². The van der Waals surface area contributed by atoms with Crippen LogP contribution < -0.4 is 0 Å². The van der Waals surface area contributed by atoms with Crippen LogP contribution in [0.5, 0.6) is 0 Å². The number of aliphatic carboxylic acids is 1. The van der Waals surface area contributed by atoms with E-state index in [1.54, 1.807) is 6.92 Å². The average Bonchev–Trinajstić information content (AvgIpc) is 1.86. The monoisotopic (exact) mass is 250 g/mol. The van der Waals surface area contributed by atoms with Crippen LogP contribution in [0.2, 0.25) is 0 Å². The highest BCUT2D eigenvalue weighted by atomic mass is 35.6. The SMILES string of the molecule is CCC(C(=O)O)=C(Cl)C(Cl)(Cl)Cl. The first-order valence-electron chi connectivity index (χ1n) is 2.99. The van der Waals surface area contributed by atoms with Crippen molar-refractivity contribution in [3.05, 3.63) is 10.6 Å². The maximum atomic E-state index is 10.5. The van der Waals surface area contributed by atoms with Gasteiger partial charge in [0.15, 0.2) is 0 Å². The van der Waals surface area contributed by atoms with Crippen LogP contribution in [0.25, 0.3) is 0 Å². The van der Waals surface area contributed by atoms with E-state index in [-0.39, 0.29) is 17.0 Å². The van der Waals surface area contributed by atoms with Gasteiger partial charge in [-0.2, -0.15) is 0 Å². The predicted molar refractivity (Wildman–Crippen MR) is 51.1 cm³/mol. The fourth-order valence-corrected chi connectivity index (χ4v) is 1.13. The molecule has 0 aromatic carbocycles. The van der Waals surface area contributed by atoms with Gasteiger partial charge in [-0.3, -0.25) is 0 Å². The lowest BCUT2D eigenvalue weighted by Crippen LogP contribution is -2.10. The zero-order chi connectivity index (χ0) is 9.94. The smallest absolute Gasteiger partial charge is 0.332 e. The molecule has 6 heteroatoms. The fourth-order valence-electron chi connectivity index (χ4n) is 0.571. The second-order valence-electron chi connectivity index (χ2n) is 1.95. The first kappa shape index (κ1) is 12.4. The van der Waals surface area contributed by atoms with Gasteiger partial charge in [0.25, 0.3) is 0 Å². The van der Waals surface area contributed by atoms with Crippen molar-refractivity contribution in [2.75, 3.05) is 0 Å². The van der Waals surface area contributed by atoms with Crippen LogP contribution >= 0.6 is 46.4 Å². The van der Waals surface area contributed by atoms with Gasteiger partial charge in [0.05, 0.1) is 10.6 Å². The minimum Gasteiger partial charge on any atom is -0.478 e. The van der Waals surface area contributed by atoms with E-state index in [0.29, 0.717) is 0 Å². The lowest BCUT2D eigenvalue weighted by Gasteiger charge is -2.11. The highest BCUT2D eigenvalue weighted by Crippen LogP contribution is 2.39. The molecule has 0 atom stereocenters. The third kappa shape index (κ3) is 3.40. The molecule has 0 aliphatic rings. The molecule has 2 nitrogen and oxygen atoms in total. The number of carboxylic acids is 1. The molecule has 0 heterocycles. The van der Waals surface area contributed by atoms with Gasteiger partial charge >= 0.3 is 5.97 Å². The number of alkyl halides is 3. The number of rotatable bonds is 2. The van der Waals surface area contributed by atoms with Crippen LogP contribution in [-0.4, -0.2) is 14.9 Å². The third-order valence-corrected chi connectivity index (χ3v) is 2.49. The predicted octanol–water partition coefficient (Wildman–Crippen LogP) is 3.34. The molecule has 0 fully saturated rings. The zero-order valence-corrected chi connectivity index (χ0v) is 9.10. The van der Waals surface area contributed by atoms with Crippen molar-refractivity contribution in [3.63, 3.8) is 0 Å². The number of hydrogen-bond acceptors (Lipinski definition) is 1. The molecule has 0 aromatic heterocycles. The summed E-state index contributed by atoms with van der Waals surface area (Å²) < 4.78 is -1.86. The number of carboxylic acid groups (broad SMARTS) is 1. The summed E-state index contributed by atoms with van der Waals surface area (Å²) >= 11 is 21.7. The Kier molecular flexibility index (Phi) is 4.70. The Balaban J connectivity index is 4.99. The fraction of sp³-hybridized carbons (Fsp3) is 0.500. The first-order chi connectivity index (χ1) is 5.30. The van der Waals surface area contributed by atoms with Crippen LogP contribution in [0, 0.1) is 0 Å². The summed E-state index contributed by atoms with van der Waals surface area (Å²) in [5.74, 6) is -1.17. The molecule has 0 amide bonds. The second-order valence-corrected chi connectivity index (χ2v) is 4.61. The van der Waals surface area contributed by atoms with Crippen molar-refractivity contribution in [3.8, 4) is 0 Å². The van der Waals surface area contributed by atoms with Crippen LogP contribution in [-0.2, 0) is 4.79 Å². The standard InChI is InChI=1S/C6H6Cl4O2/c1-2-3(5(11)12)4(7)6(8,9)10/h2H2,1H3,(H,11,12). The topological polar surface area (TPSA) is 37.3 Å². The average molecular weight is 252 g/mol. The summed E-state index contributed by atoms with van der Waals surface area (Å²) in [6.45, 7) is 1.61. The van der Waals surface area contributed by atoms with Gasteiger partial charge in [-0.1, -0.05) is 53.3 Å². The van der Waals surface area contributed by atoms with Crippen LogP contribution in [0.1, 0.15) is 13.3 Å². The van der Waals surface area contributed by atoms with E-state index >= 15 is 0 Å². The van der Waals surface area contributed by atoms with Gasteiger partial charge < -0.3 is 5.11 Å². The summed E-state index contributed by atoms with van der Waals surface area (Å²) in [7, 11) is 0. The molecule has 12 heavy (non-hydrogen) atoms. The number of hydrogen-bond donors (Lipinski definition) is 1. The Morgan fingerprint density at radius 3 is 1.92 bits per heavy atom. The first-order valence-corrected chi connectivity index (χ1v) is 4.51. The van der Waals surface area contributed by atoms with E-state index in [0.717, 1.165) is 0 Å². The second kappa shape index (κ2) is 4.56. The maximum absolute atomic E-state index is 10.5. The van der Waals surface area contributed by atoms with Crippen LogP contribution in [0.15, 0.2) is 10.6 Å². The maximum Gasteiger partial charge on any atom is 0.332 e. The highest BCUT2D eigenvalue weighted by molar-refractivity contribution is 6.73. The molecular weight excluding hydrogens is 246 g/mol. The van der Waals surface area contributed by atoms with E-state index in [1.165, 1.54) is 0 Å². The minimum atomic E-state index is -1.86. The summed E-state index contributed by atoms with van der Waals surface area (Å²) in [6, 6.07) is 0. The molecule has 70 valence electrons. The Morgan fingerprint density at radius 1 is 1.42 bits per heavy atom. The molecule has 0 aliphatic carbocycles. The lowest BCUT2D eigenvalue weighted by atomic mass is 10.2. The van der Waals surface area contributed by atoms with Crippen LogP contribution in [0.4, 0.5) is 0 Å². The van der Waals surface area contributed by atoms with Gasteiger partial charge in [-0.05, 0) is 6.42 Å². The van der Waals surface area contributed by atoms with Crippen molar-refractivity contribution in [1.82, 2.24) is 0 Å². The van der Waals surface area contributed by atoms with Crippen molar-refractivity contribution in [2.24, 2.45) is 0 Å². The van der Waals surface area contributed by atoms with Crippen molar-refractivity contribution < 1.29 is 9.90 Å². The minimum absolute atomic E-state index is 0.0864. The highest BCUT2D eigenvalue weighted by Gasteiger charge is 2.29. The third-order valence-electron chi connectivity index (χ3n) is 1.13. The molecular formula is C6H6Cl4O2. The Labute approximate surface area is 90.0 Å². The lowest BCUT2D eigenvalue weighted by molar-refractivity contribution is -0.132. The molecule has 0 rings (SSSR count). The van der Waals surface area contributed by atoms with E-state index in [2.05, 4.69) is 0 Å². The molecule has 0 radical (unpaired) electrons. The van der Waals surface area contributed by atoms with Crippen LogP contribution in [0.3, 0.4) is 0 Å². The zero-order valence-electron chi connectivity index (χ0n) is 6.07. The van der Waals surface area contributed by atoms with E-state index < -0.39 is 9.76 Å². The quantitative estimate of drug-likeness (QED) is 0.604. The molecule has 1 N–H and O–H groups in total. The van der Waals surface area contributed by atoms with Crippen molar-refractivity contribution >= 4 is 52.4 Å². The van der Waals surface area contributed by atoms with Gasteiger partial charge in [-0.15, -0.1) is 0 Å². The van der Waals surface area contributed by atoms with E-state index in [1.807, 2.05) is 0 Å². The number of carbonyl (C=O) groups is 1. The summed E-state index contributed by atoms with van der Waals surface area (Å²) in [5, 5.41) is 8.33. The van der Waals surface area contributed by atoms with Gasteiger partial charge in [-0.25, -0.2) is 4.79 Å². The molecule has 0 aliphatic heterocycles. The molecule has 0 saturated heterocycles. The van der Waals surface area contributed by atoms with E-state index in [9.17, 15) is 4.79 Å². The largest absolute Gasteiger partial charge is 0.478 e. The number of halogens is 4. The molecule has 0 spiro atoms. The summed E-state index contributed by atoms with van der Waals surface area (Å²) in [6.07, 6.45) is 0.210. The number of allylic oxidation sites excluding steroid dienone is 1. The van der Waals surface area contributed by atoms with Gasteiger partial charge in [0.1, 0.15) is 0 Å². The van der Waals surface area contributed by atoms with E-state index in [4.69, 9.17) is 51.5 Å². The molecule has 0 bridgehead atoms. The summed E-state index contributed by atoms with van der Waals surface area (Å²) in [5.41, 5.74) is -0.0864. The summed E-state index contributed by atoms with van der Waals surface area (Å²) in [4.78, 5) is 10.5.